The Kier molecular flexibility index (Phi) is 76.3. The number of carbonyl (C=O) groups excluding carboxylic acids is 4. The van der Waals surface area contributed by atoms with Crippen molar-refractivity contribution in [1.82, 2.24) is 0 Å². The first-order chi connectivity index (χ1) is 50.5. The molecule has 0 aromatic rings. The van der Waals surface area contributed by atoms with E-state index in [4.69, 9.17) is 37.0 Å². The first kappa shape index (κ1) is 102. The maximum Gasteiger partial charge on any atom is 0.472 e. The van der Waals surface area contributed by atoms with Crippen LogP contribution in [0.2, 0.25) is 0 Å². The van der Waals surface area contributed by atoms with Crippen LogP contribution in [0.3, 0.4) is 0 Å². The molecule has 0 rings (SSSR count). The number of carbonyl (C=O) groups is 4. The summed E-state index contributed by atoms with van der Waals surface area (Å²) in [5.74, 6) is -1.28. The second-order valence-electron chi connectivity index (χ2n) is 31.1. The maximum absolute atomic E-state index is 13.1. The van der Waals surface area contributed by atoms with Gasteiger partial charge in [0.25, 0.3) is 0 Å². The Balaban J connectivity index is 5.22. The number of esters is 4. The molecule has 2 unspecified atom stereocenters. The average Bonchev–Trinajstić information content (AvgIpc) is 0.903. The van der Waals surface area contributed by atoms with E-state index in [1.807, 2.05) is 0 Å². The number of phosphoric acid groups is 2. The van der Waals surface area contributed by atoms with Crippen molar-refractivity contribution >= 4 is 39.5 Å². The Morgan fingerprint density at radius 1 is 0.260 bits per heavy atom. The molecule has 0 saturated heterocycles. The van der Waals surface area contributed by atoms with Gasteiger partial charge in [-0.1, -0.05) is 407 Å². The van der Waals surface area contributed by atoms with Gasteiger partial charge in [-0.2, -0.15) is 0 Å². The van der Waals surface area contributed by atoms with Crippen molar-refractivity contribution in [2.24, 2.45) is 5.92 Å². The summed E-state index contributed by atoms with van der Waals surface area (Å²) in [5.41, 5.74) is 0. The van der Waals surface area contributed by atoms with Gasteiger partial charge < -0.3 is 33.8 Å². The van der Waals surface area contributed by atoms with Crippen molar-refractivity contribution in [1.29, 1.82) is 0 Å². The molecule has 618 valence electrons. The van der Waals surface area contributed by atoms with Gasteiger partial charge in [-0.25, -0.2) is 9.13 Å². The zero-order valence-corrected chi connectivity index (χ0v) is 70.0. The van der Waals surface area contributed by atoms with Crippen LogP contribution in [0.4, 0.5) is 0 Å². The molecule has 0 fully saturated rings. The van der Waals surface area contributed by atoms with E-state index in [-0.39, 0.29) is 25.7 Å². The molecule has 0 saturated carbocycles. The number of hydrogen-bond acceptors (Lipinski definition) is 15. The van der Waals surface area contributed by atoms with Crippen molar-refractivity contribution in [3.63, 3.8) is 0 Å². The second kappa shape index (κ2) is 77.8. The van der Waals surface area contributed by atoms with Gasteiger partial charge in [0, 0.05) is 25.7 Å². The lowest BCUT2D eigenvalue weighted by Gasteiger charge is -2.21. The minimum atomic E-state index is -4.96. The molecular formula is C85H166O17P2. The molecule has 17 nitrogen and oxygen atoms in total. The molecule has 0 aromatic heterocycles. The van der Waals surface area contributed by atoms with Crippen LogP contribution in [-0.4, -0.2) is 96.7 Å². The molecule has 19 heteroatoms. The Hall–Kier alpha value is -1.94. The van der Waals surface area contributed by atoms with Gasteiger partial charge in [-0.15, -0.1) is 0 Å². The van der Waals surface area contributed by atoms with Crippen molar-refractivity contribution in [3.05, 3.63) is 0 Å². The number of ether oxygens (including phenoxy) is 4. The van der Waals surface area contributed by atoms with Crippen LogP contribution in [0.1, 0.15) is 458 Å². The normalized spacial score (nSPS) is 13.8. The second-order valence-corrected chi connectivity index (χ2v) is 34.0. The molecule has 0 radical (unpaired) electrons. The fourth-order valence-electron chi connectivity index (χ4n) is 13.3. The molecule has 0 aliphatic heterocycles. The minimum absolute atomic E-state index is 0.108. The topological polar surface area (TPSA) is 237 Å². The van der Waals surface area contributed by atoms with Gasteiger partial charge in [0.15, 0.2) is 12.2 Å². The van der Waals surface area contributed by atoms with Crippen LogP contribution in [-0.2, 0) is 65.4 Å². The lowest BCUT2D eigenvalue weighted by molar-refractivity contribution is -0.161. The summed E-state index contributed by atoms with van der Waals surface area (Å²) in [4.78, 5) is 73.2. The number of phosphoric ester groups is 2. The zero-order valence-electron chi connectivity index (χ0n) is 68.2. The van der Waals surface area contributed by atoms with Gasteiger partial charge in [-0.05, 0) is 31.6 Å². The Labute approximate surface area is 638 Å². The summed E-state index contributed by atoms with van der Waals surface area (Å²) in [7, 11) is -9.92. The molecule has 0 aliphatic carbocycles. The smallest absolute Gasteiger partial charge is 0.462 e. The predicted octanol–water partition coefficient (Wildman–Crippen LogP) is 26.0. The molecular weight excluding hydrogens is 1350 g/mol. The molecule has 104 heavy (non-hydrogen) atoms. The van der Waals surface area contributed by atoms with E-state index in [2.05, 4.69) is 34.6 Å². The van der Waals surface area contributed by atoms with Crippen LogP contribution in [0.25, 0.3) is 0 Å². The number of aliphatic hydroxyl groups excluding tert-OH is 1. The van der Waals surface area contributed by atoms with Crippen LogP contribution < -0.4 is 0 Å². The van der Waals surface area contributed by atoms with Crippen LogP contribution >= 0.6 is 15.6 Å². The van der Waals surface area contributed by atoms with E-state index >= 15 is 0 Å². The number of rotatable bonds is 85. The highest BCUT2D eigenvalue weighted by Gasteiger charge is 2.30. The largest absolute Gasteiger partial charge is 0.472 e. The van der Waals surface area contributed by atoms with Gasteiger partial charge in [0.1, 0.15) is 19.3 Å². The highest BCUT2D eigenvalue weighted by molar-refractivity contribution is 7.47. The third kappa shape index (κ3) is 78.2. The van der Waals surface area contributed by atoms with E-state index in [1.165, 1.54) is 283 Å². The highest BCUT2D eigenvalue weighted by atomic mass is 31.2. The Morgan fingerprint density at radius 3 is 0.654 bits per heavy atom. The molecule has 0 bridgehead atoms. The highest BCUT2D eigenvalue weighted by Crippen LogP contribution is 2.45. The fourth-order valence-corrected chi connectivity index (χ4v) is 14.9. The molecule has 0 heterocycles. The first-order valence-electron chi connectivity index (χ1n) is 44.1. The van der Waals surface area contributed by atoms with Crippen molar-refractivity contribution in [2.75, 3.05) is 39.6 Å². The molecule has 5 atom stereocenters. The van der Waals surface area contributed by atoms with Gasteiger partial charge in [-0.3, -0.25) is 37.3 Å². The Morgan fingerprint density at radius 2 is 0.442 bits per heavy atom. The predicted molar refractivity (Wildman–Crippen MR) is 428 cm³/mol. The summed E-state index contributed by atoms with van der Waals surface area (Å²) < 4.78 is 68.8. The van der Waals surface area contributed by atoms with Crippen molar-refractivity contribution < 1.29 is 80.2 Å². The quantitative estimate of drug-likeness (QED) is 0.0222. The van der Waals surface area contributed by atoms with Crippen LogP contribution in [0.15, 0.2) is 0 Å². The molecule has 3 N–H and O–H groups in total. The number of unbranched alkanes of at least 4 members (excludes halogenated alkanes) is 57. The molecule has 0 amide bonds. The van der Waals surface area contributed by atoms with Crippen molar-refractivity contribution in [2.45, 2.75) is 477 Å². The van der Waals surface area contributed by atoms with E-state index in [0.29, 0.717) is 25.7 Å². The summed E-state index contributed by atoms with van der Waals surface area (Å²) in [6.07, 6.45) is 70.8. The third-order valence-electron chi connectivity index (χ3n) is 20.0. The van der Waals surface area contributed by atoms with E-state index in [9.17, 15) is 43.2 Å². The SMILES string of the molecule is CCCCCCCCCCCCCCCCCCCCCC(=O)OC[C@H](COP(=O)(O)OC[C@@H](O)COP(=O)(O)OC[C@@H](COC(=O)CCCCCCCCCCCCC)OC(=O)CCCCCCCCCCCCCCC)OC(=O)CCCCCCCCCCCCCCCCCCCCC(C)C. The molecule has 0 aromatic carbocycles. The lowest BCUT2D eigenvalue weighted by atomic mass is 10.0. The first-order valence-corrected chi connectivity index (χ1v) is 47.1. The summed E-state index contributed by atoms with van der Waals surface area (Å²) >= 11 is 0. The van der Waals surface area contributed by atoms with E-state index in [1.54, 1.807) is 0 Å². The number of hydrogen-bond donors (Lipinski definition) is 3. The lowest BCUT2D eigenvalue weighted by Crippen LogP contribution is -2.30. The average molecular weight is 1520 g/mol. The monoisotopic (exact) mass is 1520 g/mol. The van der Waals surface area contributed by atoms with Crippen molar-refractivity contribution in [3.8, 4) is 0 Å². The van der Waals surface area contributed by atoms with Crippen LogP contribution in [0, 0.1) is 5.92 Å². The zero-order chi connectivity index (χ0) is 76.2. The number of aliphatic hydroxyl groups is 1. The maximum atomic E-state index is 13.1. The van der Waals surface area contributed by atoms with Crippen LogP contribution in [0.5, 0.6) is 0 Å². The molecule has 0 aliphatic rings. The molecule has 0 spiro atoms. The summed E-state index contributed by atoms with van der Waals surface area (Å²) in [6, 6.07) is 0. The Bertz CT molecular complexity index is 1980. The minimum Gasteiger partial charge on any atom is -0.462 e. The summed E-state index contributed by atoms with van der Waals surface area (Å²) in [6.45, 7) is 7.39. The van der Waals surface area contributed by atoms with E-state index < -0.39 is 97.5 Å². The van der Waals surface area contributed by atoms with Gasteiger partial charge in [0.2, 0.25) is 0 Å². The summed E-state index contributed by atoms with van der Waals surface area (Å²) in [5, 5.41) is 10.7. The van der Waals surface area contributed by atoms with Gasteiger partial charge >= 0.3 is 39.5 Å². The fraction of sp³-hybridized carbons (Fsp3) is 0.953. The van der Waals surface area contributed by atoms with Gasteiger partial charge in [0.05, 0.1) is 26.4 Å². The standard InChI is InChI=1S/C85H166O17P2/c1-6-9-12-15-18-21-24-26-27-28-29-33-36-40-44-49-54-59-64-69-83(88)96-75-81(102-85(90)71-66-61-56-51-46-41-37-34-31-30-32-35-39-43-47-52-57-62-67-78(4)5)77-100-104(93,94)98-73-79(86)72-97-103(91,92)99-76-80(74-95-82(87)68-63-58-53-48-42-23-20-17-14-11-8-3)101-84(89)70-65-60-55-50-45-38-25-22-19-16-13-10-7-2/h78-81,86H,6-77H2,1-5H3,(H,91,92)(H,93,94)/t79-,80+,81+/m0/s1. The third-order valence-corrected chi connectivity index (χ3v) is 21.9. The van der Waals surface area contributed by atoms with E-state index in [0.717, 1.165) is 95.8 Å².